The molecule has 0 saturated carbocycles. The Morgan fingerprint density at radius 3 is 2.50 bits per heavy atom. The molecular formula is C15H17N7OS. The number of hydrogen-bond acceptors (Lipinski definition) is 6. The van der Waals surface area contributed by atoms with Crippen LogP contribution in [0.2, 0.25) is 0 Å². The van der Waals surface area contributed by atoms with E-state index in [0.29, 0.717) is 22.4 Å². The number of carbonyl (C=O) groups excluding carboxylic acids is 1. The highest BCUT2D eigenvalue weighted by Gasteiger charge is 2.15. The summed E-state index contributed by atoms with van der Waals surface area (Å²) >= 11 is 1.45. The fourth-order valence-electron chi connectivity index (χ4n) is 2.26. The zero-order valence-corrected chi connectivity index (χ0v) is 14.1. The number of nitrogens with two attached hydrogens (primary N) is 2. The number of carbonyl (C=O) groups is 1. The van der Waals surface area contributed by atoms with Gasteiger partial charge in [0.1, 0.15) is 0 Å². The highest BCUT2D eigenvalue weighted by molar-refractivity contribution is 7.98. The zero-order valence-electron chi connectivity index (χ0n) is 13.3. The van der Waals surface area contributed by atoms with Crippen LogP contribution >= 0.6 is 11.8 Å². The van der Waals surface area contributed by atoms with Crippen LogP contribution in [0.25, 0.3) is 5.95 Å². The second-order valence-electron chi connectivity index (χ2n) is 5.34. The Morgan fingerprint density at radius 1 is 1.21 bits per heavy atom. The molecule has 3 aromatic rings. The SMILES string of the molecule is Cc1cc(C)n(-c2nnc(SCc3ccc(C(N)=O)cc3)n2N)n1. The van der Waals surface area contributed by atoms with Gasteiger partial charge in [-0.3, -0.25) is 4.79 Å². The van der Waals surface area contributed by atoms with E-state index in [4.69, 9.17) is 11.6 Å². The van der Waals surface area contributed by atoms with Crippen LogP contribution in [0.1, 0.15) is 27.3 Å². The zero-order chi connectivity index (χ0) is 17.3. The number of aromatic nitrogens is 5. The number of primary amides is 1. The Labute approximate surface area is 142 Å². The van der Waals surface area contributed by atoms with Crippen molar-refractivity contribution in [2.75, 3.05) is 5.84 Å². The number of nitrogens with zero attached hydrogens (tertiary/aromatic N) is 5. The predicted octanol–water partition coefficient (Wildman–Crippen LogP) is 1.19. The van der Waals surface area contributed by atoms with Crippen LogP contribution in [0, 0.1) is 13.8 Å². The summed E-state index contributed by atoms with van der Waals surface area (Å²) in [6.07, 6.45) is 0. The van der Waals surface area contributed by atoms with Crippen LogP contribution in [0.15, 0.2) is 35.5 Å². The Bertz CT molecular complexity index is 882. The third-order valence-electron chi connectivity index (χ3n) is 3.45. The number of nitrogen functional groups attached to an aromatic ring is 1. The summed E-state index contributed by atoms with van der Waals surface area (Å²) in [5.41, 5.74) is 8.57. The van der Waals surface area contributed by atoms with E-state index in [1.165, 1.54) is 16.4 Å². The van der Waals surface area contributed by atoms with Crippen LogP contribution in [-0.2, 0) is 5.75 Å². The average molecular weight is 343 g/mol. The molecule has 2 heterocycles. The van der Waals surface area contributed by atoms with E-state index in [1.54, 1.807) is 16.8 Å². The van der Waals surface area contributed by atoms with Crippen molar-refractivity contribution in [2.24, 2.45) is 5.73 Å². The van der Waals surface area contributed by atoms with Crippen molar-refractivity contribution < 1.29 is 4.79 Å². The predicted molar refractivity (Wildman–Crippen MR) is 91.3 cm³/mol. The third-order valence-corrected chi connectivity index (χ3v) is 4.47. The van der Waals surface area contributed by atoms with Crippen molar-refractivity contribution >= 4 is 17.7 Å². The molecule has 1 aromatic carbocycles. The quantitative estimate of drug-likeness (QED) is 0.531. The van der Waals surface area contributed by atoms with Crippen molar-refractivity contribution in [2.45, 2.75) is 24.8 Å². The Balaban J connectivity index is 1.75. The van der Waals surface area contributed by atoms with Crippen LogP contribution in [0.5, 0.6) is 0 Å². The van der Waals surface area contributed by atoms with Crippen molar-refractivity contribution in [3.63, 3.8) is 0 Å². The molecule has 0 radical (unpaired) electrons. The highest BCUT2D eigenvalue weighted by Crippen LogP contribution is 2.22. The maximum atomic E-state index is 11.1. The van der Waals surface area contributed by atoms with E-state index in [1.807, 2.05) is 32.0 Å². The molecule has 0 fully saturated rings. The molecule has 0 spiro atoms. The van der Waals surface area contributed by atoms with Gasteiger partial charge in [-0.25, -0.2) is 9.36 Å². The van der Waals surface area contributed by atoms with Gasteiger partial charge < -0.3 is 11.6 Å². The molecular weight excluding hydrogens is 326 g/mol. The minimum absolute atomic E-state index is 0.439. The first kappa shape index (κ1) is 16.1. The van der Waals surface area contributed by atoms with Crippen LogP contribution in [-0.4, -0.2) is 30.6 Å². The molecule has 0 bridgehead atoms. The summed E-state index contributed by atoms with van der Waals surface area (Å²) in [7, 11) is 0. The van der Waals surface area contributed by atoms with Crippen LogP contribution in [0.4, 0.5) is 0 Å². The molecule has 0 saturated heterocycles. The van der Waals surface area contributed by atoms with E-state index >= 15 is 0 Å². The van der Waals surface area contributed by atoms with Crippen molar-refractivity contribution in [3.8, 4) is 5.95 Å². The maximum absolute atomic E-state index is 11.1. The molecule has 0 aliphatic heterocycles. The molecule has 9 heteroatoms. The lowest BCUT2D eigenvalue weighted by atomic mass is 10.1. The summed E-state index contributed by atoms with van der Waals surface area (Å²) in [6, 6.07) is 9.06. The lowest BCUT2D eigenvalue weighted by molar-refractivity contribution is 0.100. The average Bonchev–Trinajstić information content (AvgIpc) is 3.07. The Hall–Kier alpha value is -2.81. The summed E-state index contributed by atoms with van der Waals surface area (Å²) in [5, 5.41) is 13.2. The summed E-state index contributed by atoms with van der Waals surface area (Å²) in [5.74, 6) is 6.76. The largest absolute Gasteiger partial charge is 0.366 e. The van der Waals surface area contributed by atoms with E-state index in [9.17, 15) is 4.79 Å². The van der Waals surface area contributed by atoms with Gasteiger partial charge in [0.15, 0.2) is 0 Å². The molecule has 124 valence electrons. The molecule has 0 aliphatic carbocycles. The van der Waals surface area contributed by atoms with Gasteiger partial charge in [0.2, 0.25) is 11.1 Å². The number of benzene rings is 1. The standard InChI is InChI=1S/C15H17N7OS/c1-9-7-10(2)22(20-9)14-18-19-15(21(14)17)24-8-11-3-5-12(6-4-11)13(16)23/h3-7H,8,17H2,1-2H3,(H2,16,23). The number of rotatable bonds is 5. The first-order valence-electron chi connectivity index (χ1n) is 7.21. The Morgan fingerprint density at radius 2 is 1.92 bits per heavy atom. The number of thioether (sulfide) groups is 1. The second kappa shape index (κ2) is 6.36. The van der Waals surface area contributed by atoms with E-state index < -0.39 is 5.91 Å². The molecule has 4 N–H and O–H groups in total. The first-order chi connectivity index (χ1) is 11.5. The topological polar surface area (TPSA) is 118 Å². The second-order valence-corrected chi connectivity index (χ2v) is 6.28. The number of aryl methyl sites for hydroxylation is 2. The molecule has 0 aliphatic rings. The van der Waals surface area contributed by atoms with Gasteiger partial charge in [-0.1, -0.05) is 23.9 Å². The maximum Gasteiger partial charge on any atom is 0.271 e. The van der Waals surface area contributed by atoms with E-state index in [-0.39, 0.29) is 0 Å². The molecule has 1 amide bonds. The van der Waals surface area contributed by atoms with Crippen molar-refractivity contribution in [1.82, 2.24) is 24.7 Å². The van der Waals surface area contributed by atoms with Crippen LogP contribution in [0.3, 0.4) is 0 Å². The van der Waals surface area contributed by atoms with Gasteiger partial charge in [0, 0.05) is 17.0 Å². The smallest absolute Gasteiger partial charge is 0.271 e. The molecule has 3 rings (SSSR count). The third kappa shape index (κ3) is 3.11. The van der Waals surface area contributed by atoms with Gasteiger partial charge in [0.05, 0.1) is 5.69 Å². The molecule has 2 aromatic heterocycles. The van der Waals surface area contributed by atoms with Gasteiger partial charge in [-0.05, 0) is 37.6 Å². The summed E-state index contributed by atoms with van der Waals surface area (Å²) < 4.78 is 3.08. The fourth-order valence-corrected chi connectivity index (χ4v) is 3.06. The van der Waals surface area contributed by atoms with E-state index in [0.717, 1.165) is 17.0 Å². The molecule has 8 nitrogen and oxygen atoms in total. The fraction of sp³-hybridized carbons (Fsp3) is 0.200. The van der Waals surface area contributed by atoms with Gasteiger partial charge in [0.25, 0.3) is 5.95 Å². The van der Waals surface area contributed by atoms with E-state index in [2.05, 4.69) is 15.3 Å². The van der Waals surface area contributed by atoms with Gasteiger partial charge >= 0.3 is 0 Å². The molecule has 0 unspecified atom stereocenters. The monoisotopic (exact) mass is 343 g/mol. The number of hydrogen-bond donors (Lipinski definition) is 2. The summed E-state index contributed by atoms with van der Waals surface area (Å²) in [4.78, 5) is 11.1. The number of amides is 1. The highest BCUT2D eigenvalue weighted by atomic mass is 32.2. The lowest BCUT2D eigenvalue weighted by Crippen LogP contribution is -2.17. The lowest BCUT2D eigenvalue weighted by Gasteiger charge is -2.05. The van der Waals surface area contributed by atoms with Gasteiger partial charge in [-0.2, -0.15) is 5.10 Å². The van der Waals surface area contributed by atoms with Gasteiger partial charge in [-0.15, -0.1) is 10.2 Å². The van der Waals surface area contributed by atoms with Crippen molar-refractivity contribution in [1.29, 1.82) is 0 Å². The van der Waals surface area contributed by atoms with Crippen molar-refractivity contribution in [3.05, 3.63) is 52.8 Å². The minimum Gasteiger partial charge on any atom is -0.366 e. The summed E-state index contributed by atoms with van der Waals surface area (Å²) in [6.45, 7) is 3.84. The van der Waals surface area contributed by atoms with Crippen LogP contribution < -0.4 is 11.6 Å². The Kier molecular flexibility index (Phi) is 4.26. The minimum atomic E-state index is -0.439. The normalized spacial score (nSPS) is 10.9. The first-order valence-corrected chi connectivity index (χ1v) is 8.20. The molecule has 0 atom stereocenters. The molecule has 24 heavy (non-hydrogen) atoms.